The summed E-state index contributed by atoms with van der Waals surface area (Å²) in [6.07, 6.45) is 5.99. The van der Waals surface area contributed by atoms with Crippen LogP contribution >= 0.6 is 0 Å². The first-order valence-corrected chi connectivity index (χ1v) is 7.29. The highest BCUT2D eigenvalue weighted by Crippen LogP contribution is 2.26. The summed E-state index contributed by atoms with van der Waals surface area (Å²) < 4.78 is 0. The van der Waals surface area contributed by atoms with Gasteiger partial charge < -0.3 is 11.1 Å². The van der Waals surface area contributed by atoms with Gasteiger partial charge in [-0.1, -0.05) is 50.5 Å². The smallest absolute Gasteiger partial charge is 0.240 e. The lowest BCUT2D eigenvalue weighted by atomic mass is 9.82. The number of amides is 1. The SMILES string of the molecule is CCc1ccc(CNC(=O)C2(N)CCCCC2)cc1. The van der Waals surface area contributed by atoms with Crippen molar-refractivity contribution in [1.82, 2.24) is 5.32 Å². The molecule has 1 aromatic rings. The second-order valence-corrected chi connectivity index (χ2v) is 5.57. The lowest BCUT2D eigenvalue weighted by Gasteiger charge is -2.31. The Kier molecular flexibility index (Phi) is 4.59. The van der Waals surface area contributed by atoms with Crippen molar-refractivity contribution in [2.24, 2.45) is 5.73 Å². The summed E-state index contributed by atoms with van der Waals surface area (Å²) in [5, 5.41) is 2.98. The minimum absolute atomic E-state index is 0.00627. The maximum Gasteiger partial charge on any atom is 0.240 e. The molecule has 3 nitrogen and oxygen atoms in total. The lowest BCUT2D eigenvalue weighted by molar-refractivity contribution is -0.127. The molecule has 0 spiro atoms. The van der Waals surface area contributed by atoms with Gasteiger partial charge in [0.25, 0.3) is 0 Å². The number of hydrogen-bond acceptors (Lipinski definition) is 2. The molecule has 0 unspecified atom stereocenters. The first kappa shape index (κ1) is 14.1. The third kappa shape index (κ3) is 3.57. The zero-order chi connectivity index (χ0) is 13.7. The van der Waals surface area contributed by atoms with Gasteiger partial charge in [0.1, 0.15) is 0 Å². The second kappa shape index (κ2) is 6.20. The van der Waals surface area contributed by atoms with E-state index in [1.54, 1.807) is 0 Å². The summed E-state index contributed by atoms with van der Waals surface area (Å²) >= 11 is 0. The predicted octanol–water partition coefficient (Wildman–Crippen LogP) is 2.53. The molecular formula is C16H24N2O. The number of rotatable bonds is 4. The van der Waals surface area contributed by atoms with Crippen LogP contribution in [0.25, 0.3) is 0 Å². The zero-order valence-electron chi connectivity index (χ0n) is 11.7. The summed E-state index contributed by atoms with van der Waals surface area (Å²) in [4.78, 5) is 12.2. The Morgan fingerprint density at radius 3 is 2.32 bits per heavy atom. The van der Waals surface area contributed by atoms with Crippen molar-refractivity contribution in [2.45, 2.75) is 57.5 Å². The van der Waals surface area contributed by atoms with Crippen molar-refractivity contribution in [3.63, 3.8) is 0 Å². The molecule has 0 atom stereocenters. The Balaban J connectivity index is 1.88. The van der Waals surface area contributed by atoms with Gasteiger partial charge >= 0.3 is 0 Å². The normalized spacial score (nSPS) is 18.0. The molecule has 0 aromatic heterocycles. The Hall–Kier alpha value is -1.35. The molecule has 0 saturated heterocycles. The highest BCUT2D eigenvalue weighted by atomic mass is 16.2. The van der Waals surface area contributed by atoms with Gasteiger partial charge in [-0.15, -0.1) is 0 Å². The van der Waals surface area contributed by atoms with E-state index in [1.165, 1.54) is 12.0 Å². The maximum absolute atomic E-state index is 12.2. The van der Waals surface area contributed by atoms with Crippen molar-refractivity contribution in [1.29, 1.82) is 0 Å². The number of carbonyl (C=O) groups excluding carboxylic acids is 1. The molecule has 3 heteroatoms. The van der Waals surface area contributed by atoms with Crippen molar-refractivity contribution < 1.29 is 4.79 Å². The van der Waals surface area contributed by atoms with Crippen LogP contribution in [-0.2, 0) is 17.8 Å². The third-order valence-electron chi connectivity index (χ3n) is 4.08. The van der Waals surface area contributed by atoms with Gasteiger partial charge in [0, 0.05) is 6.54 Å². The Labute approximate surface area is 115 Å². The number of aryl methyl sites for hydroxylation is 1. The van der Waals surface area contributed by atoms with E-state index in [0.717, 1.165) is 37.7 Å². The van der Waals surface area contributed by atoms with Crippen LogP contribution in [0.2, 0.25) is 0 Å². The van der Waals surface area contributed by atoms with Gasteiger partial charge in [0.2, 0.25) is 5.91 Å². The van der Waals surface area contributed by atoms with Gasteiger partial charge in [-0.2, -0.15) is 0 Å². The van der Waals surface area contributed by atoms with E-state index in [1.807, 2.05) is 0 Å². The van der Waals surface area contributed by atoms with Crippen molar-refractivity contribution in [3.8, 4) is 0 Å². The van der Waals surface area contributed by atoms with Crippen LogP contribution in [0.3, 0.4) is 0 Å². The Morgan fingerprint density at radius 1 is 1.16 bits per heavy atom. The fourth-order valence-corrected chi connectivity index (χ4v) is 2.66. The van der Waals surface area contributed by atoms with Crippen LogP contribution in [0.4, 0.5) is 0 Å². The van der Waals surface area contributed by atoms with Crippen LogP contribution < -0.4 is 11.1 Å². The largest absolute Gasteiger partial charge is 0.350 e. The van der Waals surface area contributed by atoms with Crippen LogP contribution in [-0.4, -0.2) is 11.4 Å². The molecular weight excluding hydrogens is 236 g/mol. The average Bonchev–Trinajstić information content (AvgIpc) is 2.46. The lowest BCUT2D eigenvalue weighted by Crippen LogP contribution is -2.54. The molecule has 1 amide bonds. The van der Waals surface area contributed by atoms with Crippen LogP contribution in [0.5, 0.6) is 0 Å². The van der Waals surface area contributed by atoms with Gasteiger partial charge in [-0.05, 0) is 30.4 Å². The van der Waals surface area contributed by atoms with Gasteiger partial charge in [-0.3, -0.25) is 4.79 Å². The van der Waals surface area contributed by atoms with E-state index in [2.05, 4.69) is 36.5 Å². The minimum Gasteiger partial charge on any atom is -0.350 e. The highest BCUT2D eigenvalue weighted by Gasteiger charge is 2.34. The van der Waals surface area contributed by atoms with Gasteiger partial charge in [0.15, 0.2) is 0 Å². The van der Waals surface area contributed by atoms with Gasteiger partial charge in [-0.25, -0.2) is 0 Å². The highest BCUT2D eigenvalue weighted by molar-refractivity contribution is 5.86. The molecule has 1 aliphatic rings. The van der Waals surface area contributed by atoms with Crippen molar-refractivity contribution in [3.05, 3.63) is 35.4 Å². The summed E-state index contributed by atoms with van der Waals surface area (Å²) in [6.45, 7) is 2.71. The Morgan fingerprint density at radius 2 is 1.74 bits per heavy atom. The van der Waals surface area contributed by atoms with Crippen molar-refractivity contribution >= 4 is 5.91 Å². The number of nitrogens with two attached hydrogens (primary N) is 1. The van der Waals surface area contributed by atoms with E-state index in [0.29, 0.717) is 6.54 Å². The average molecular weight is 260 g/mol. The first-order chi connectivity index (χ1) is 9.14. The molecule has 19 heavy (non-hydrogen) atoms. The van der Waals surface area contributed by atoms with E-state index >= 15 is 0 Å². The van der Waals surface area contributed by atoms with Crippen molar-refractivity contribution in [2.75, 3.05) is 0 Å². The second-order valence-electron chi connectivity index (χ2n) is 5.57. The van der Waals surface area contributed by atoms with Crippen LogP contribution in [0, 0.1) is 0 Å². The molecule has 0 radical (unpaired) electrons. The van der Waals surface area contributed by atoms with E-state index < -0.39 is 5.54 Å². The molecule has 3 N–H and O–H groups in total. The summed E-state index contributed by atoms with van der Waals surface area (Å²) in [5.41, 5.74) is 8.01. The van der Waals surface area contributed by atoms with Crippen LogP contribution in [0.1, 0.15) is 50.2 Å². The van der Waals surface area contributed by atoms with Crippen LogP contribution in [0.15, 0.2) is 24.3 Å². The zero-order valence-corrected chi connectivity index (χ0v) is 11.7. The summed E-state index contributed by atoms with van der Waals surface area (Å²) in [6, 6.07) is 8.37. The third-order valence-corrected chi connectivity index (χ3v) is 4.08. The monoisotopic (exact) mass is 260 g/mol. The molecule has 2 rings (SSSR count). The Bertz CT molecular complexity index is 419. The molecule has 1 aromatic carbocycles. The molecule has 0 bridgehead atoms. The molecule has 1 aliphatic carbocycles. The summed E-state index contributed by atoms with van der Waals surface area (Å²) in [5.74, 6) is 0.00627. The molecule has 0 aliphatic heterocycles. The fraction of sp³-hybridized carbons (Fsp3) is 0.562. The van der Waals surface area contributed by atoms with E-state index in [4.69, 9.17) is 5.73 Å². The molecule has 0 heterocycles. The number of benzene rings is 1. The van der Waals surface area contributed by atoms with E-state index in [9.17, 15) is 4.79 Å². The first-order valence-electron chi connectivity index (χ1n) is 7.29. The maximum atomic E-state index is 12.2. The minimum atomic E-state index is -0.637. The predicted molar refractivity (Wildman–Crippen MR) is 77.7 cm³/mol. The van der Waals surface area contributed by atoms with Gasteiger partial charge in [0.05, 0.1) is 5.54 Å². The summed E-state index contributed by atoms with van der Waals surface area (Å²) in [7, 11) is 0. The number of carbonyl (C=O) groups is 1. The fourth-order valence-electron chi connectivity index (χ4n) is 2.66. The molecule has 104 valence electrons. The molecule has 1 fully saturated rings. The van der Waals surface area contributed by atoms with E-state index in [-0.39, 0.29) is 5.91 Å². The number of nitrogens with one attached hydrogen (secondary N) is 1. The quantitative estimate of drug-likeness (QED) is 0.874. The standard InChI is InChI=1S/C16H24N2O/c1-2-13-6-8-14(9-7-13)12-18-15(19)16(17)10-4-3-5-11-16/h6-9H,2-5,10-12,17H2,1H3,(H,18,19). The number of hydrogen-bond donors (Lipinski definition) is 2. The molecule has 1 saturated carbocycles. The topological polar surface area (TPSA) is 55.1 Å².